The minimum absolute atomic E-state index is 0.0385. The molecule has 6 rings (SSSR count). The molecule has 7 heteroatoms. The molecule has 278 valence electrons. The number of carbonyl (C=O) groups excluding carboxylic acids is 2. The van der Waals surface area contributed by atoms with Gasteiger partial charge in [0.25, 0.3) is 0 Å². The van der Waals surface area contributed by atoms with Crippen LogP contribution in [0.3, 0.4) is 0 Å². The first-order chi connectivity index (χ1) is 22.8. The lowest BCUT2D eigenvalue weighted by Crippen LogP contribution is -2.67. The highest BCUT2D eigenvalue weighted by molar-refractivity contribution is 5.77. The number of esters is 1. The molecule has 5 saturated carbocycles. The van der Waals surface area contributed by atoms with Gasteiger partial charge in [0, 0.05) is 38.0 Å². The van der Waals surface area contributed by atoms with Gasteiger partial charge in [-0.1, -0.05) is 62.3 Å². The van der Waals surface area contributed by atoms with Crippen molar-refractivity contribution in [3.63, 3.8) is 0 Å². The van der Waals surface area contributed by atoms with Crippen molar-refractivity contribution in [1.82, 2.24) is 10.2 Å². The molecule has 1 amide bonds. The lowest BCUT2D eigenvalue weighted by atomic mass is 9.32. The van der Waals surface area contributed by atoms with E-state index in [2.05, 4.69) is 58.7 Å². The lowest BCUT2D eigenvalue weighted by Gasteiger charge is -2.73. The number of rotatable bonds is 8. The van der Waals surface area contributed by atoms with Crippen molar-refractivity contribution in [3.05, 3.63) is 0 Å². The van der Waals surface area contributed by atoms with Gasteiger partial charge in [-0.25, -0.2) is 0 Å². The number of carboxylic acids is 1. The molecule has 2 N–H and O–H groups in total. The zero-order valence-electron chi connectivity index (χ0n) is 32.6. The predicted molar refractivity (Wildman–Crippen MR) is 194 cm³/mol. The summed E-state index contributed by atoms with van der Waals surface area (Å²) in [6.07, 6.45) is 12.6. The van der Waals surface area contributed by atoms with Crippen LogP contribution in [0.25, 0.3) is 0 Å². The van der Waals surface area contributed by atoms with E-state index in [1.807, 2.05) is 13.8 Å². The van der Waals surface area contributed by atoms with Crippen LogP contribution >= 0.6 is 0 Å². The van der Waals surface area contributed by atoms with Crippen LogP contribution < -0.4 is 5.32 Å². The quantitative estimate of drug-likeness (QED) is 0.250. The number of fused-ring (bicyclic) bond motifs is 7. The molecule has 1 heterocycles. The molecule has 6 fully saturated rings. The molecule has 49 heavy (non-hydrogen) atoms. The maximum absolute atomic E-state index is 13.9. The number of hydrogen-bond acceptors (Lipinski definition) is 5. The van der Waals surface area contributed by atoms with Crippen LogP contribution in [0.5, 0.6) is 0 Å². The van der Waals surface area contributed by atoms with E-state index in [4.69, 9.17) is 4.74 Å². The monoisotopic (exact) mass is 683 g/mol. The molecule has 0 spiro atoms. The molecule has 6 aliphatic rings. The summed E-state index contributed by atoms with van der Waals surface area (Å²) in [6.45, 7) is 24.8. The molecule has 0 bridgehead atoms. The fraction of sp³-hybridized carbons (Fsp3) is 0.929. The molecule has 5 aliphatic carbocycles. The van der Waals surface area contributed by atoms with Crippen molar-refractivity contribution in [2.24, 2.45) is 68.0 Å². The Morgan fingerprint density at radius 2 is 1.53 bits per heavy atom. The molecule has 10 atom stereocenters. The maximum atomic E-state index is 13.9. The third-order valence-electron chi connectivity index (χ3n) is 17.0. The Bertz CT molecular complexity index is 1290. The van der Waals surface area contributed by atoms with E-state index >= 15 is 0 Å². The largest absolute Gasteiger partial charge is 0.481 e. The summed E-state index contributed by atoms with van der Waals surface area (Å²) in [7, 11) is 0. The number of nitrogens with one attached hydrogen (secondary N) is 1. The van der Waals surface area contributed by atoms with Gasteiger partial charge in [-0.15, -0.1) is 0 Å². The Labute approximate surface area is 297 Å². The predicted octanol–water partition coefficient (Wildman–Crippen LogP) is 8.35. The van der Waals surface area contributed by atoms with E-state index < -0.39 is 11.4 Å². The van der Waals surface area contributed by atoms with Gasteiger partial charge < -0.3 is 20.1 Å². The zero-order chi connectivity index (χ0) is 35.8. The fourth-order valence-corrected chi connectivity index (χ4v) is 14.4. The molecule has 1 aliphatic heterocycles. The van der Waals surface area contributed by atoms with E-state index in [9.17, 15) is 19.5 Å². The molecule has 0 radical (unpaired) electrons. The van der Waals surface area contributed by atoms with Crippen molar-refractivity contribution in [2.45, 2.75) is 152 Å². The smallest absolute Gasteiger partial charge is 0.306 e. The summed E-state index contributed by atoms with van der Waals surface area (Å²) in [5.41, 5.74) is 0.0984. The van der Waals surface area contributed by atoms with Gasteiger partial charge in [-0.05, 0) is 127 Å². The molecule has 0 unspecified atom stereocenters. The molecule has 7 nitrogen and oxygen atoms in total. The first-order valence-electron chi connectivity index (χ1n) is 20.2. The third kappa shape index (κ3) is 6.10. The number of piperazine rings is 1. The maximum Gasteiger partial charge on any atom is 0.306 e. The summed E-state index contributed by atoms with van der Waals surface area (Å²) in [5, 5.41) is 12.8. The van der Waals surface area contributed by atoms with E-state index in [0.29, 0.717) is 41.4 Å². The summed E-state index contributed by atoms with van der Waals surface area (Å²) in [5.74, 6) is 3.07. The zero-order valence-corrected chi connectivity index (χ0v) is 32.6. The third-order valence-corrected chi connectivity index (χ3v) is 17.0. The summed E-state index contributed by atoms with van der Waals surface area (Å²) < 4.78 is 6.29. The average molecular weight is 683 g/mol. The Hall–Kier alpha value is -1.63. The van der Waals surface area contributed by atoms with Crippen LogP contribution in [0.15, 0.2) is 0 Å². The van der Waals surface area contributed by atoms with Gasteiger partial charge in [0.2, 0.25) is 5.91 Å². The van der Waals surface area contributed by atoms with Crippen LogP contribution in [0, 0.1) is 68.0 Å². The minimum atomic E-state index is -0.875. The average Bonchev–Trinajstić information content (AvgIpc) is 3.38. The Kier molecular flexibility index (Phi) is 9.70. The normalized spacial score (nSPS) is 43.2. The van der Waals surface area contributed by atoms with E-state index in [1.54, 1.807) is 0 Å². The molecule has 0 aromatic carbocycles. The van der Waals surface area contributed by atoms with E-state index in [-0.39, 0.29) is 52.0 Å². The molecule has 1 saturated heterocycles. The number of amides is 1. The first-order valence-corrected chi connectivity index (χ1v) is 20.2. The standard InChI is InChI=1S/C42H70N2O5/c1-27(2)28-12-17-42(24-33(45)44-22-20-43-21-23-44)19-18-40(8)29(36(28)42)10-11-31-39(7)15-14-32(38(5,6)30(39)13-16-41(31,40)9)49-35(48)26-37(3,4)25-34(46)47/h27-32,36,43H,10-26H2,1-9H3,(H,46,47)/t28-,29+,30-,31+,32-,36+,39-,40+,41+,42+/m0/s1. The van der Waals surface area contributed by atoms with Gasteiger partial charge in [0.05, 0.1) is 12.8 Å². The number of aliphatic carboxylic acids is 1. The Morgan fingerprint density at radius 3 is 2.18 bits per heavy atom. The topological polar surface area (TPSA) is 95.9 Å². The molecule has 0 aromatic heterocycles. The first kappa shape index (κ1) is 37.1. The Morgan fingerprint density at radius 1 is 0.837 bits per heavy atom. The van der Waals surface area contributed by atoms with Gasteiger partial charge in [0.1, 0.15) is 6.10 Å². The number of hydrogen-bond donors (Lipinski definition) is 2. The van der Waals surface area contributed by atoms with Crippen molar-refractivity contribution in [2.75, 3.05) is 26.2 Å². The van der Waals surface area contributed by atoms with Crippen LogP contribution in [-0.2, 0) is 19.1 Å². The number of carboxylic acid groups (broad SMARTS) is 1. The highest BCUT2D eigenvalue weighted by atomic mass is 16.5. The van der Waals surface area contributed by atoms with Crippen LogP contribution in [0.4, 0.5) is 0 Å². The number of ether oxygens (including phenoxy) is 1. The molecule has 0 aromatic rings. The van der Waals surface area contributed by atoms with Gasteiger partial charge in [0.15, 0.2) is 0 Å². The summed E-state index contributed by atoms with van der Waals surface area (Å²) in [6, 6.07) is 0. The van der Waals surface area contributed by atoms with Gasteiger partial charge in [-0.3, -0.25) is 14.4 Å². The van der Waals surface area contributed by atoms with Crippen LogP contribution in [0.2, 0.25) is 0 Å². The molecular weight excluding hydrogens is 612 g/mol. The number of carbonyl (C=O) groups is 3. The second-order valence-corrected chi connectivity index (χ2v) is 20.6. The summed E-state index contributed by atoms with van der Waals surface area (Å²) >= 11 is 0. The van der Waals surface area contributed by atoms with Crippen molar-refractivity contribution >= 4 is 17.8 Å². The van der Waals surface area contributed by atoms with E-state index in [1.165, 1.54) is 51.4 Å². The van der Waals surface area contributed by atoms with Crippen molar-refractivity contribution in [3.8, 4) is 0 Å². The summed E-state index contributed by atoms with van der Waals surface area (Å²) in [4.78, 5) is 40.7. The highest BCUT2D eigenvalue weighted by Crippen LogP contribution is 2.78. The number of nitrogens with zero attached hydrogens (tertiary/aromatic N) is 1. The second kappa shape index (κ2) is 12.8. The van der Waals surface area contributed by atoms with Crippen LogP contribution in [0.1, 0.15) is 146 Å². The SMILES string of the molecule is CC(C)[C@@H]1CC[C@]2(CC(=O)N3CCNCC3)CC[C@]3(C)[C@H](CC[C@@H]4[C@@]5(C)CC[C@H](OC(=O)CC(C)(C)CC(=O)O)C(C)(C)[C@@H]5CC[C@]43C)[C@@H]12. The van der Waals surface area contributed by atoms with Gasteiger partial charge >= 0.3 is 11.9 Å². The highest BCUT2D eigenvalue weighted by Gasteiger charge is 2.71. The van der Waals surface area contributed by atoms with Crippen molar-refractivity contribution < 1.29 is 24.2 Å². The van der Waals surface area contributed by atoms with E-state index in [0.717, 1.165) is 45.4 Å². The fourth-order valence-electron chi connectivity index (χ4n) is 14.4. The Balaban J connectivity index is 1.23. The second-order valence-electron chi connectivity index (χ2n) is 20.6. The van der Waals surface area contributed by atoms with Crippen LogP contribution in [-0.4, -0.2) is 60.1 Å². The lowest BCUT2D eigenvalue weighted by molar-refractivity contribution is -0.252. The van der Waals surface area contributed by atoms with Crippen molar-refractivity contribution in [1.29, 1.82) is 0 Å². The minimum Gasteiger partial charge on any atom is -0.481 e. The molecular formula is C42H70N2O5. The van der Waals surface area contributed by atoms with Gasteiger partial charge in [-0.2, -0.15) is 0 Å².